The summed E-state index contributed by atoms with van der Waals surface area (Å²) in [6, 6.07) is 4.01. The summed E-state index contributed by atoms with van der Waals surface area (Å²) in [6.45, 7) is 6.33. The number of hydrogen-bond donors (Lipinski definition) is 2. The van der Waals surface area contributed by atoms with E-state index in [0.717, 1.165) is 10.4 Å². The predicted molar refractivity (Wildman–Crippen MR) is 63.7 cm³/mol. The van der Waals surface area contributed by atoms with Gasteiger partial charge in [0.05, 0.1) is 12.6 Å². The van der Waals surface area contributed by atoms with Crippen LogP contribution in [0.1, 0.15) is 32.6 Å². The lowest BCUT2D eigenvalue weighted by Gasteiger charge is -2.23. The first-order valence-electron chi connectivity index (χ1n) is 5.16. The summed E-state index contributed by atoms with van der Waals surface area (Å²) in [5.74, 6) is 1.27. The van der Waals surface area contributed by atoms with Gasteiger partial charge in [-0.3, -0.25) is 0 Å². The van der Waals surface area contributed by atoms with Gasteiger partial charge in [-0.15, -0.1) is 0 Å². The van der Waals surface area contributed by atoms with Crippen LogP contribution in [0.25, 0.3) is 0 Å². The first kappa shape index (κ1) is 12.7. The zero-order chi connectivity index (χ0) is 11.4. The van der Waals surface area contributed by atoms with E-state index in [0.29, 0.717) is 5.92 Å². The Hall–Kier alpha value is -0.320. The molecule has 0 radical (unpaired) electrons. The predicted octanol–water partition coefficient (Wildman–Crippen LogP) is 2.71. The van der Waals surface area contributed by atoms with Crippen LogP contribution in [0.3, 0.4) is 0 Å². The summed E-state index contributed by atoms with van der Waals surface area (Å²) in [5, 5.41) is 12.5. The number of aliphatic hydroxyl groups is 1. The van der Waals surface area contributed by atoms with Gasteiger partial charge >= 0.3 is 0 Å². The maximum Gasteiger partial charge on any atom is 0.169 e. The van der Waals surface area contributed by atoms with Gasteiger partial charge in [-0.1, -0.05) is 13.8 Å². The fraction of sp³-hybridized carbons (Fsp3) is 0.636. The number of furan rings is 1. The first-order valence-corrected chi connectivity index (χ1v) is 5.96. The molecular weight excluding hydrogens is 258 g/mol. The first-order chi connectivity index (χ1) is 7.04. The Morgan fingerprint density at radius 3 is 2.47 bits per heavy atom. The quantitative estimate of drug-likeness (QED) is 0.869. The average Bonchev–Trinajstić information content (AvgIpc) is 2.60. The summed E-state index contributed by atoms with van der Waals surface area (Å²) in [4.78, 5) is 0. The molecule has 1 unspecified atom stereocenters. The number of hydrogen-bond acceptors (Lipinski definition) is 3. The Labute approximate surface area is 99.0 Å². The van der Waals surface area contributed by atoms with Crippen LogP contribution in [-0.4, -0.2) is 17.8 Å². The van der Waals surface area contributed by atoms with Gasteiger partial charge in [0.15, 0.2) is 4.67 Å². The Kier molecular flexibility index (Phi) is 4.83. The molecule has 0 spiro atoms. The second-order valence-electron chi connectivity index (χ2n) is 4.06. The lowest BCUT2D eigenvalue weighted by Crippen LogP contribution is -2.38. The zero-order valence-corrected chi connectivity index (χ0v) is 10.9. The molecule has 2 N–H and O–H groups in total. The van der Waals surface area contributed by atoms with Gasteiger partial charge in [0, 0.05) is 6.04 Å². The van der Waals surface area contributed by atoms with E-state index >= 15 is 0 Å². The van der Waals surface area contributed by atoms with Crippen LogP contribution in [0.15, 0.2) is 21.2 Å². The normalized spacial score (nSPS) is 15.6. The van der Waals surface area contributed by atoms with Crippen molar-refractivity contribution in [1.29, 1.82) is 0 Å². The van der Waals surface area contributed by atoms with E-state index in [1.54, 1.807) is 0 Å². The fourth-order valence-corrected chi connectivity index (χ4v) is 1.74. The lowest BCUT2D eigenvalue weighted by molar-refractivity contribution is 0.196. The molecule has 0 aromatic carbocycles. The number of nitrogens with one attached hydrogen (secondary N) is 1. The SMILES string of the molecule is CC(N[C@H](CO)C(C)C)c1ccc(Br)o1. The molecule has 4 heteroatoms. The smallest absolute Gasteiger partial charge is 0.169 e. The lowest BCUT2D eigenvalue weighted by atomic mass is 10.0. The van der Waals surface area contributed by atoms with Crippen LogP contribution in [0, 0.1) is 5.92 Å². The molecular formula is C11H18BrNO2. The molecule has 86 valence electrons. The summed E-state index contributed by atoms with van der Waals surface area (Å²) >= 11 is 3.27. The van der Waals surface area contributed by atoms with Crippen molar-refractivity contribution in [1.82, 2.24) is 5.32 Å². The molecule has 2 atom stereocenters. The van der Waals surface area contributed by atoms with Crippen molar-refractivity contribution in [3.05, 3.63) is 22.6 Å². The maximum absolute atomic E-state index is 9.20. The van der Waals surface area contributed by atoms with Crippen molar-refractivity contribution in [2.75, 3.05) is 6.61 Å². The summed E-state index contributed by atoms with van der Waals surface area (Å²) in [6.07, 6.45) is 0. The van der Waals surface area contributed by atoms with E-state index in [1.807, 2.05) is 19.1 Å². The largest absolute Gasteiger partial charge is 0.453 e. The maximum atomic E-state index is 9.20. The third-order valence-electron chi connectivity index (χ3n) is 2.49. The third kappa shape index (κ3) is 3.63. The van der Waals surface area contributed by atoms with Gasteiger partial charge < -0.3 is 14.8 Å². The molecule has 0 aliphatic rings. The van der Waals surface area contributed by atoms with Gasteiger partial charge in [-0.05, 0) is 40.9 Å². The van der Waals surface area contributed by atoms with Crippen molar-refractivity contribution in [3.8, 4) is 0 Å². The van der Waals surface area contributed by atoms with Crippen LogP contribution < -0.4 is 5.32 Å². The Morgan fingerprint density at radius 1 is 1.40 bits per heavy atom. The number of aliphatic hydroxyl groups excluding tert-OH is 1. The van der Waals surface area contributed by atoms with E-state index in [1.165, 1.54) is 0 Å². The number of rotatable bonds is 5. The molecule has 0 saturated heterocycles. The molecule has 1 rings (SSSR count). The van der Waals surface area contributed by atoms with E-state index in [2.05, 4.69) is 35.1 Å². The molecule has 15 heavy (non-hydrogen) atoms. The van der Waals surface area contributed by atoms with Crippen LogP contribution in [0.5, 0.6) is 0 Å². The molecule has 0 saturated carbocycles. The van der Waals surface area contributed by atoms with E-state index in [9.17, 15) is 5.11 Å². The minimum Gasteiger partial charge on any atom is -0.453 e. The molecule has 1 aromatic heterocycles. The second kappa shape index (κ2) is 5.68. The molecule has 1 aromatic rings. The van der Waals surface area contributed by atoms with Crippen LogP contribution in [0.4, 0.5) is 0 Å². The highest BCUT2D eigenvalue weighted by Gasteiger charge is 2.17. The van der Waals surface area contributed by atoms with E-state index < -0.39 is 0 Å². The van der Waals surface area contributed by atoms with Crippen molar-refractivity contribution >= 4 is 15.9 Å². The van der Waals surface area contributed by atoms with Gasteiger partial charge in [0.2, 0.25) is 0 Å². The fourth-order valence-electron chi connectivity index (χ4n) is 1.42. The van der Waals surface area contributed by atoms with Gasteiger partial charge in [-0.25, -0.2) is 0 Å². The van der Waals surface area contributed by atoms with Crippen molar-refractivity contribution in [2.45, 2.75) is 32.9 Å². The van der Waals surface area contributed by atoms with Crippen LogP contribution in [-0.2, 0) is 0 Å². The Balaban J connectivity index is 2.58. The Morgan fingerprint density at radius 2 is 2.07 bits per heavy atom. The molecule has 0 amide bonds. The Bertz CT molecular complexity index is 299. The second-order valence-corrected chi connectivity index (χ2v) is 4.84. The molecule has 0 aliphatic heterocycles. The standard InChI is InChI=1S/C11H18BrNO2/c1-7(2)9(6-14)13-8(3)10-4-5-11(12)15-10/h4-5,7-9,13-14H,6H2,1-3H3/t8?,9-/m1/s1. The summed E-state index contributed by atoms with van der Waals surface area (Å²) < 4.78 is 6.18. The van der Waals surface area contributed by atoms with Gasteiger partial charge in [-0.2, -0.15) is 0 Å². The zero-order valence-electron chi connectivity index (χ0n) is 9.33. The minimum atomic E-state index is 0.101. The summed E-state index contributed by atoms with van der Waals surface area (Å²) in [5.41, 5.74) is 0. The molecule has 0 fully saturated rings. The molecule has 3 nitrogen and oxygen atoms in total. The molecule has 0 bridgehead atoms. The van der Waals surface area contributed by atoms with E-state index in [4.69, 9.17) is 4.42 Å². The van der Waals surface area contributed by atoms with Crippen LogP contribution >= 0.6 is 15.9 Å². The van der Waals surface area contributed by atoms with Crippen LogP contribution in [0.2, 0.25) is 0 Å². The third-order valence-corrected chi connectivity index (χ3v) is 2.91. The summed E-state index contributed by atoms with van der Waals surface area (Å²) in [7, 11) is 0. The van der Waals surface area contributed by atoms with Crippen molar-refractivity contribution in [2.24, 2.45) is 5.92 Å². The topological polar surface area (TPSA) is 45.4 Å². The molecule has 0 aliphatic carbocycles. The number of halogens is 1. The highest BCUT2D eigenvalue weighted by Crippen LogP contribution is 2.21. The van der Waals surface area contributed by atoms with Gasteiger partial charge in [0.25, 0.3) is 0 Å². The highest BCUT2D eigenvalue weighted by molar-refractivity contribution is 9.10. The monoisotopic (exact) mass is 275 g/mol. The van der Waals surface area contributed by atoms with Gasteiger partial charge in [0.1, 0.15) is 5.76 Å². The van der Waals surface area contributed by atoms with Crippen molar-refractivity contribution in [3.63, 3.8) is 0 Å². The molecule has 1 heterocycles. The van der Waals surface area contributed by atoms with E-state index in [-0.39, 0.29) is 18.7 Å². The van der Waals surface area contributed by atoms with Crippen molar-refractivity contribution < 1.29 is 9.52 Å². The highest BCUT2D eigenvalue weighted by atomic mass is 79.9. The average molecular weight is 276 g/mol. The minimum absolute atomic E-state index is 0.101.